The molecule has 2 bridgehead atoms. The molecule has 5 heteroatoms. The Morgan fingerprint density at radius 1 is 1.17 bits per heavy atom. The van der Waals surface area contributed by atoms with E-state index in [-0.39, 0.29) is 17.7 Å². The number of Topliss-reactive ketones (excluding diaryl/α,β-unsaturated/α-hetero) is 2. The van der Waals surface area contributed by atoms with Gasteiger partial charge >= 0.3 is 0 Å². The van der Waals surface area contributed by atoms with Crippen LogP contribution in [0, 0.1) is 0 Å². The van der Waals surface area contributed by atoms with Gasteiger partial charge in [-0.05, 0) is 19.3 Å². The van der Waals surface area contributed by atoms with Gasteiger partial charge in [-0.3, -0.25) is 9.59 Å². The van der Waals surface area contributed by atoms with Crippen LogP contribution >= 0.6 is 0 Å². The summed E-state index contributed by atoms with van der Waals surface area (Å²) in [5.74, 6) is -1.53. The van der Waals surface area contributed by atoms with Crippen LogP contribution in [0.25, 0.3) is 0 Å². The van der Waals surface area contributed by atoms with E-state index in [1.807, 2.05) is 18.2 Å². The molecule has 158 valence electrons. The number of benzene rings is 1. The van der Waals surface area contributed by atoms with Crippen LogP contribution in [0.4, 0.5) is 0 Å². The maximum Gasteiger partial charge on any atom is 0.218 e. The second-order valence-electron chi connectivity index (χ2n) is 8.64. The number of unbranched alkanes of at least 4 members (excludes halogenated alkanes) is 2. The Balaban J connectivity index is 1.73. The second kappa shape index (κ2) is 8.29. The molecule has 0 aromatic heterocycles. The lowest BCUT2D eigenvalue weighted by Crippen LogP contribution is -2.58. The summed E-state index contributed by atoms with van der Waals surface area (Å²) in [4.78, 5) is 27.2. The Bertz CT molecular complexity index is 768. The quantitative estimate of drug-likeness (QED) is 0.467. The molecule has 5 nitrogen and oxygen atoms in total. The molecular formula is C24H32O5. The first-order chi connectivity index (χ1) is 14.1. The first-order valence-electron chi connectivity index (χ1n) is 11.2. The van der Waals surface area contributed by atoms with Crippen molar-refractivity contribution in [2.45, 2.75) is 94.7 Å². The molecule has 2 fully saturated rings. The van der Waals surface area contributed by atoms with Crippen LogP contribution < -0.4 is 0 Å². The van der Waals surface area contributed by atoms with Crippen LogP contribution in [0.5, 0.6) is 0 Å². The van der Waals surface area contributed by atoms with Gasteiger partial charge < -0.3 is 14.2 Å². The van der Waals surface area contributed by atoms with Crippen LogP contribution in [-0.4, -0.2) is 36.5 Å². The number of fused-ring (bicyclic) bond motifs is 4. The average Bonchev–Trinajstić information content (AvgIpc) is 3.06. The molecule has 1 aromatic rings. The molecule has 4 rings (SSSR count). The van der Waals surface area contributed by atoms with Gasteiger partial charge in [0, 0.05) is 31.1 Å². The Hall–Kier alpha value is -1.56. The van der Waals surface area contributed by atoms with Crippen molar-refractivity contribution in [3.05, 3.63) is 35.4 Å². The molecule has 1 saturated carbocycles. The normalized spacial score (nSPS) is 31.7. The maximum absolute atomic E-state index is 13.7. The third-order valence-corrected chi connectivity index (χ3v) is 6.81. The Kier molecular flexibility index (Phi) is 5.92. The molecule has 0 spiro atoms. The highest BCUT2D eigenvalue weighted by molar-refractivity contribution is 6.20. The van der Waals surface area contributed by atoms with Crippen molar-refractivity contribution < 1.29 is 23.8 Å². The maximum atomic E-state index is 13.7. The third-order valence-electron chi connectivity index (χ3n) is 6.81. The highest BCUT2D eigenvalue weighted by Crippen LogP contribution is 2.54. The Morgan fingerprint density at radius 3 is 2.66 bits per heavy atom. The predicted octanol–water partition coefficient (Wildman–Crippen LogP) is 4.71. The van der Waals surface area contributed by atoms with E-state index in [1.54, 1.807) is 13.2 Å². The minimum Gasteiger partial charge on any atom is -0.371 e. The summed E-state index contributed by atoms with van der Waals surface area (Å²) in [6, 6.07) is 7.36. The fraction of sp³-hybridized carbons (Fsp3) is 0.667. The van der Waals surface area contributed by atoms with E-state index < -0.39 is 17.5 Å². The summed E-state index contributed by atoms with van der Waals surface area (Å²) < 4.78 is 18.7. The van der Waals surface area contributed by atoms with E-state index in [4.69, 9.17) is 14.2 Å². The van der Waals surface area contributed by atoms with Crippen LogP contribution in [0.3, 0.4) is 0 Å². The van der Waals surface area contributed by atoms with Crippen molar-refractivity contribution in [2.75, 3.05) is 7.11 Å². The highest BCUT2D eigenvalue weighted by Gasteiger charge is 2.69. The number of rotatable bonds is 8. The van der Waals surface area contributed by atoms with Gasteiger partial charge in [-0.1, -0.05) is 63.3 Å². The topological polar surface area (TPSA) is 61.8 Å². The lowest BCUT2D eigenvalue weighted by atomic mass is 9.81. The first-order valence-corrected chi connectivity index (χ1v) is 11.2. The molecule has 0 radical (unpaired) electrons. The van der Waals surface area contributed by atoms with Gasteiger partial charge in [-0.2, -0.15) is 0 Å². The van der Waals surface area contributed by atoms with Crippen LogP contribution in [0.2, 0.25) is 0 Å². The van der Waals surface area contributed by atoms with Crippen LogP contribution in [0.1, 0.15) is 87.1 Å². The molecule has 1 aromatic carbocycles. The summed E-state index contributed by atoms with van der Waals surface area (Å²) in [6.07, 6.45) is 8.28. The van der Waals surface area contributed by atoms with Crippen molar-refractivity contribution in [2.24, 2.45) is 0 Å². The van der Waals surface area contributed by atoms with E-state index in [0.717, 1.165) is 44.9 Å². The minimum absolute atomic E-state index is 0.0711. The summed E-state index contributed by atoms with van der Waals surface area (Å²) in [7, 11) is 1.59. The zero-order valence-corrected chi connectivity index (χ0v) is 17.6. The van der Waals surface area contributed by atoms with Gasteiger partial charge in [0.25, 0.3) is 0 Å². The van der Waals surface area contributed by atoms with Crippen LogP contribution in [0.15, 0.2) is 24.3 Å². The van der Waals surface area contributed by atoms with Crippen LogP contribution in [-0.2, 0) is 24.8 Å². The molecule has 1 aliphatic carbocycles. The minimum atomic E-state index is -1.59. The van der Waals surface area contributed by atoms with Gasteiger partial charge in [0.05, 0.1) is 6.10 Å². The van der Waals surface area contributed by atoms with Gasteiger partial charge in [-0.25, -0.2) is 0 Å². The van der Waals surface area contributed by atoms with Gasteiger partial charge in [0.15, 0.2) is 11.6 Å². The summed E-state index contributed by atoms with van der Waals surface area (Å²) >= 11 is 0. The monoisotopic (exact) mass is 400 g/mol. The number of methoxy groups -OCH3 is 1. The molecule has 1 saturated heterocycles. The first kappa shape index (κ1) is 20.7. The van der Waals surface area contributed by atoms with E-state index in [2.05, 4.69) is 6.92 Å². The van der Waals surface area contributed by atoms with Gasteiger partial charge in [-0.15, -0.1) is 0 Å². The van der Waals surface area contributed by atoms with E-state index >= 15 is 0 Å². The zero-order chi connectivity index (χ0) is 20.5. The molecule has 29 heavy (non-hydrogen) atoms. The van der Waals surface area contributed by atoms with E-state index in [9.17, 15) is 9.59 Å². The van der Waals surface area contributed by atoms with Crippen molar-refractivity contribution >= 4 is 11.6 Å². The summed E-state index contributed by atoms with van der Waals surface area (Å²) in [5, 5.41) is 0. The summed E-state index contributed by atoms with van der Waals surface area (Å²) in [5.41, 5.74) is -0.353. The van der Waals surface area contributed by atoms with Gasteiger partial charge in [0.1, 0.15) is 6.10 Å². The lowest BCUT2D eigenvalue weighted by molar-refractivity contribution is -0.240. The standard InChI is InChI=1S/C24H32O5/c1-3-4-6-15-20(25)24-21(28-17-11-7-5-8-12-17)16-23(27-2,29-24)19-14-10-9-13-18(19)22(24)26/h9-10,13-14,17,21H,3-8,11-12,15-16H2,1-2H3/t21-,23-,24+/m0/s1. The molecule has 0 unspecified atom stereocenters. The van der Waals surface area contributed by atoms with Crippen molar-refractivity contribution in [1.29, 1.82) is 0 Å². The molecule has 0 amide bonds. The summed E-state index contributed by atoms with van der Waals surface area (Å²) in [6.45, 7) is 2.10. The Morgan fingerprint density at radius 2 is 1.93 bits per heavy atom. The molecular weight excluding hydrogens is 368 g/mol. The smallest absolute Gasteiger partial charge is 0.218 e. The molecule has 3 atom stereocenters. The van der Waals surface area contributed by atoms with E-state index in [1.165, 1.54) is 6.42 Å². The van der Waals surface area contributed by atoms with Crippen molar-refractivity contribution in [3.63, 3.8) is 0 Å². The molecule has 0 N–H and O–H groups in total. The number of ether oxygens (including phenoxy) is 3. The Labute approximate surface area is 173 Å². The number of carbonyl (C=O) groups is 2. The number of ketones is 2. The predicted molar refractivity (Wildman–Crippen MR) is 109 cm³/mol. The lowest BCUT2D eigenvalue weighted by Gasteiger charge is -2.39. The SMILES string of the molecule is CCCCCC(=O)[C@@]12O[C@@](OC)(C[C@@H]1OC1CCCCC1)c1ccccc1C2=O. The number of hydrogen-bond donors (Lipinski definition) is 0. The highest BCUT2D eigenvalue weighted by atomic mass is 16.7. The van der Waals surface area contributed by atoms with Crippen molar-refractivity contribution in [1.82, 2.24) is 0 Å². The zero-order valence-electron chi connectivity index (χ0n) is 17.6. The number of hydrogen-bond acceptors (Lipinski definition) is 5. The third kappa shape index (κ3) is 3.37. The van der Waals surface area contributed by atoms with Gasteiger partial charge in [0.2, 0.25) is 11.4 Å². The molecule has 2 aliphatic heterocycles. The second-order valence-corrected chi connectivity index (χ2v) is 8.64. The molecule has 3 aliphatic rings. The van der Waals surface area contributed by atoms with Crippen molar-refractivity contribution in [3.8, 4) is 0 Å². The molecule has 2 heterocycles. The van der Waals surface area contributed by atoms with E-state index in [0.29, 0.717) is 24.0 Å². The fourth-order valence-electron chi connectivity index (χ4n) is 5.22. The number of carbonyl (C=O) groups excluding carboxylic acids is 2. The fourth-order valence-corrected chi connectivity index (χ4v) is 5.22. The average molecular weight is 401 g/mol. The largest absolute Gasteiger partial charge is 0.371 e.